The third-order valence-corrected chi connectivity index (χ3v) is 2.57. The van der Waals surface area contributed by atoms with Gasteiger partial charge >= 0.3 is 6.09 Å². The summed E-state index contributed by atoms with van der Waals surface area (Å²) in [5.41, 5.74) is -1.26. The van der Waals surface area contributed by atoms with Gasteiger partial charge in [-0.15, -0.1) is 0 Å². The lowest BCUT2D eigenvalue weighted by atomic mass is 10.0. The van der Waals surface area contributed by atoms with E-state index in [-0.39, 0.29) is 0 Å². The van der Waals surface area contributed by atoms with E-state index in [9.17, 15) is 18.4 Å². The zero-order chi connectivity index (χ0) is 14.8. The Morgan fingerprint density at radius 3 is 2.32 bits per heavy atom. The third-order valence-electron chi connectivity index (χ3n) is 2.57. The minimum Gasteiger partial charge on any atom is -0.465 e. The van der Waals surface area contributed by atoms with Crippen molar-refractivity contribution < 1.29 is 23.5 Å². The molecule has 0 bridgehead atoms. The zero-order valence-corrected chi connectivity index (χ0v) is 10.9. The Bertz CT molecular complexity index is 509. The highest BCUT2D eigenvalue weighted by atomic mass is 19.1. The summed E-state index contributed by atoms with van der Waals surface area (Å²) in [6.07, 6.45) is -1.29. The molecule has 1 N–H and O–H groups in total. The second kappa shape index (κ2) is 5.34. The molecule has 0 aliphatic carbocycles. The Kier molecular flexibility index (Phi) is 4.24. The lowest BCUT2D eigenvalue weighted by molar-refractivity contribution is 0.0763. The van der Waals surface area contributed by atoms with E-state index in [0.717, 1.165) is 23.1 Å². The van der Waals surface area contributed by atoms with Crippen molar-refractivity contribution in [2.45, 2.75) is 26.3 Å². The van der Waals surface area contributed by atoms with Gasteiger partial charge in [0.05, 0.1) is 12.1 Å². The van der Waals surface area contributed by atoms with E-state index in [0.29, 0.717) is 0 Å². The number of ketones is 1. The highest BCUT2D eigenvalue weighted by Gasteiger charge is 2.29. The molecule has 0 saturated carbocycles. The Hall–Kier alpha value is -1.98. The number of carbonyl (C=O) groups excluding carboxylic acids is 1. The summed E-state index contributed by atoms with van der Waals surface area (Å²) >= 11 is 0. The van der Waals surface area contributed by atoms with Gasteiger partial charge in [0.2, 0.25) is 0 Å². The third kappa shape index (κ3) is 3.74. The largest absolute Gasteiger partial charge is 0.465 e. The molecule has 19 heavy (non-hydrogen) atoms. The number of rotatable bonds is 3. The second-order valence-corrected chi connectivity index (χ2v) is 5.09. The van der Waals surface area contributed by atoms with Gasteiger partial charge in [-0.25, -0.2) is 13.6 Å². The smallest absolute Gasteiger partial charge is 0.408 e. The van der Waals surface area contributed by atoms with E-state index in [2.05, 4.69) is 0 Å². The van der Waals surface area contributed by atoms with Gasteiger partial charge in [-0.2, -0.15) is 0 Å². The van der Waals surface area contributed by atoms with Crippen LogP contribution in [0.15, 0.2) is 18.2 Å². The molecule has 4 nitrogen and oxygen atoms in total. The van der Waals surface area contributed by atoms with Crippen LogP contribution in [-0.4, -0.2) is 34.0 Å². The molecule has 0 radical (unpaired) electrons. The molecular formula is C13H15F2NO3. The monoisotopic (exact) mass is 271 g/mol. The normalized spacial score (nSPS) is 11.2. The van der Waals surface area contributed by atoms with Crippen LogP contribution in [0, 0.1) is 11.6 Å². The Balaban J connectivity index is 3.01. The first-order chi connectivity index (χ1) is 8.62. The van der Waals surface area contributed by atoms with Gasteiger partial charge < -0.3 is 5.11 Å². The minimum absolute atomic E-state index is 0.449. The van der Waals surface area contributed by atoms with Crippen LogP contribution in [0.1, 0.15) is 31.1 Å². The van der Waals surface area contributed by atoms with Crippen molar-refractivity contribution in [3.63, 3.8) is 0 Å². The number of Topliss-reactive ketones (excluding diaryl/α,β-unsaturated/α-hetero) is 1. The quantitative estimate of drug-likeness (QED) is 0.860. The molecule has 0 atom stereocenters. The summed E-state index contributed by atoms with van der Waals surface area (Å²) in [4.78, 5) is 23.8. The molecule has 0 unspecified atom stereocenters. The molecule has 0 aliphatic heterocycles. The van der Waals surface area contributed by atoms with E-state index in [1.807, 2.05) is 0 Å². The molecule has 0 spiro atoms. The number of halogens is 2. The molecule has 0 heterocycles. The summed E-state index contributed by atoms with van der Waals surface area (Å²) in [6.45, 7) is 4.29. The van der Waals surface area contributed by atoms with Gasteiger partial charge in [-0.3, -0.25) is 9.69 Å². The van der Waals surface area contributed by atoms with Gasteiger partial charge in [-0.1, -0.05) is 0 Å². The molecule has 104 valence electrons. The Labute approximate surface area is 109 Å². The fraction of sp³-hybridized carbons (Fsp3) is 0.385. The maximum absolute atomic E-state index is 13.4. The van der Waals surface area contributed by atoms with Gasteiger partial charge in [0.1, 0.15) is 11.6 Å². The van der Waals surface area contributed by atoms with Crippen molar-refractivity contribution in [3.8, 4) is 0 Å². The first kappa shape index (κ1) is 15.1. The fourth-order valence-electron chi connectivity index (χ4n) is 1.53. The summed E-state index contributed by atoms with van der Waals surface area (Å²) in [7, 11) is 0. The molecule has 0 aromatic heterocycles. The number of benzene rings is 1. The topological polar surface area (TPSA) is 57.6 Å². The molecular weight excluding hydrogens is 256 g/mol. The van der Waals surface area contributed by atoms with Gasteiger partial charge in [0, 0.05) is 5.54 Å². The van der Waals surface area contributed by atoms with Crippen molar-refractivity contribution in [3.05, 3.63) is 35.4 Å². The molecule has 0 saturated heterocycles. The summed E-state index contributed by atoms with van der Waals surface area (Å²) in [5.74, 6) is -2.40. The van der Waals surface area contributed by atoms with Crippen molar-refractivity contribution >= 4 is 11.9 Å². The van der Waals surface area contributed by atoms with Crippen LogP contribution in [0.25, 0.3) is 0 Å². The molecule has 1 aromatic rings. The lowest BCUT2D eigenvalue weighted by Crippen LogP contribution is -2.47. The summed E-state index contributed by atoms with van der Waals surface area (Å²) in [5, 5.41) is 9.03. The predicted molar refractivity (Wildman–Crippen MR) is 65.2 cm³/mol. The standard InChI is InChI=1S/C13H15F2NO3/c1-13(2,3)16(12(18)19)7-11(17)9-6-8(14)4-5-10(9)15/h4-6H,7H2,1-3H3,(H,18,19). The number of amides is 1. The maximum atomic E-state index is 13.4. The highest BCUT2D eigenvalue weighted by molar-refractivity contribution is 5.99. The Morgan fingerprint density at radius 2 is 1.84 bits per heavy atom. The van der Waals surface area contributed by atoms with Gasteiger partial charge in [0.25, 0.3) is 0 Å². The first-order valence-electron chi connectivity index (χ1n) is 5.61. The number of nitrogens with zero attached hydrogens (tertiary/aromatic N) is 1. The predicted octanol–water partition coefficient (Wildman–Crippen LogP) is 2.93. The number of hydrogen-bond donors (Lipinski definition) is 1. The van der Waals surface area contributed by atoms with Crippen molar-refractivity contribution in [1.82, 2.24) is 4.90 Å². The number of carbonyl (C=O) groups is 2. The fourth-order valence-corrected chi connectivity index (χ4v) is 1.53. The van der Waals surface area contributed by atoms with Crippen LogP contribution < -0.4 is 0 Å². The summed E-state index contributed by atoms with van der Waals surface area (Å²) < 4.78 is 26.4. The van der Waals surface area contributed by atoms with E-state index in [4.69, 9.17) is 5.11 Å². The van der Waals surface area contributed by atoms with Crippen molar-refractivity contribution in [2.24, 2.45) is 0 Å². The van der Waals surface area contributed by atoms with Crippen LogP contribution in [0.5, 0.6) is 0 Å². The highest BCUT2D eigenvalue weighted by Crippen LogP contribution is 2.16. The van der Waals surface area contributed by atoms with Crippen molar-refractivity contribution in [1.29, 1.82) is 0 Å². The molecule has 1 rings (SSSR count). The van der Waals surface area contributed by atoms with Crippen molar-refractivity contribution in [2.75, 3.05) is 6.54 Å². The molecule has 6 heteroatoms. The molecule has 1 amide bonds. The average molecular weight is 271 g/mol. The number of carboxylic acid groups (broad SMARTS) is 1. The molecule has 0 aliphatic rings. The summed E-state index contributed by atoms with van der Waals surface area (Å²) in [6, 6.07) is 2.50. The van der Waals surface area contributed by atoms with E-state index < -0.39 is 41.2 Å². The lowest BCUT2D eigenvalue weighted by Gasteiger charge is -2.32. The zero-order valence-electron chi connectivity index (χ0n) is 10.9. The van der Waals surface area contributed by atoms with Crippen LogP contribution in [0.3, 0.4) is 0 Å². The average Bonchev–Trinajstić information content (AvgIpc) is 2.26. The first-order valence-corrected chi connectivity index (χ1v) is 5.61. The van der Waals surface area contributed by atoms with Crippen LogP contribution in [0.4, 0.5) is 13.6 Å². The molecule has 0 fully saturated rings. The van der Waals surface area contributed by atoms with Gasteiger partial charge in [0.15, 0.2) is 5.78 Å². The maximum Gasteiger partial charge on any atom is 0.408 e. The van der Waals surface area contributed by atoms with Gasteiger partial charge in [-0.05, 0) is 39.0 Å². The van der Waals surface area contributed by atoms with E-state index in [1.54, 1.807) is 20.8 Å². The molecule has 1 aromatic carbocycles. The second-order valence-electron chi connectivity index (χ2n) is 5.09. The Morgan fingerprint density at radius 1 is 1.26 bits per heavy atom. The van der Waals surface area contributed by atoms with Crippen LogP contribution in [0.2, 0.25) is 0 Å². The number of hydrogen-bond acceptors (Lipinski definition) is 2. The van der Waals surface area contributed by atoms with Crippen LogP contribution >= 0.6 is 0 Å². The van der Waals surface area contributed by atoms with E-state index >= 15 is 0 Å². The SMILES string of the molecule is CC(C)(C)N(CC(=O)c1cc(F)ccc1F)C(=O)O. The van der Waals surface area contributed by atoms with E-state index in [1.165, 1.54) is 0 Å². The van der Waals surface area contributed by atoms with Crippen LogP contribution in [-0.2, 0) is 0 Å². The minimum atomic E-state index is -1.29.